The van der Waals surface area contributed by atoms with Crippen molar-refractivity contribution in [3.63, 3.8) is 0 Å². The zero-order chi connectivity index (χ0) is 10.2. The molecule has 0 spiro atoms. The van der Waals surface area contributed by atoms with E-state index in [-0.39, 0.29) is 0 Å². The van der Waals surface area contributed by atoms with Gasteiger partial charge in [0.2, 0.25) is 0 Å². The summed E-state index contributed by atoms with van der Waals surface area (Å²) in [7, 11) is 0. The Morgan fingerprint density at radius 2 is 1.14 bits per heavy atom. The molecule has 0 aromatic carbocycles. The van der Waals surface area contributed by atoms with Gasteiger partial charge in [-0.25, -0.2) is 0 Å². The van der Waals surface area contributed by atoms with Gasteiger partial charge < -0.3 is 0 Å². The second kappa shape index (κ2) is 6.74. The molecule has 2 rings (SSSR count). The first kappa shape index (κ1) is 11.4. The quantitative estimate of drug-likeness (QED) is 0.743. The van der Waals surface area contributed by atoms with Crippen LogP contribution in [0.2, 0.25) is 0 Å². The third kappa shape index (κ3) is 3.24. The Labute approximate surface area is 97.3 Å². The van der Waals surface area contributed by atoms with Crippen LogP contribution in [-0.4, -0.2) is 37.3 Å². The van der Waals surface area contributed by atoms with E-state index in [1.165, 1.54) is 0 Å². The predicted molar refractivity (Wildman–Crippen MR) is 59.0 cm³/mol. The van der Waals surface area contributed by atoms with Crippen LogP contribution in [0.4, 0.5) is 0 Å². The van der Waals surface area contributed by atoms with Crippen LogP contribution >= 0.6 is 0 Å². The first-order valence-electron chi connectivity index (χ1n) is 3.96. The normalized spacial score (nSPS) is 8.57. The van der Waals surface area contributed by atoms with E-state index < -0.39 is 0 Å². The molecule has 0 radical (unpaired) electrons. The molecule has 2 aromatic heterocycles. The van der Waals surface area contributed by atoms with Crippen molar-refractivity contribution < 1.29 is 0 Å². The van der Waals surface area contributed by atoms with Gasteiger partial charge in [0.05, 0.1) is 11.4 Å². The van der Waals surface area contributed by atoms with Gasteiger partial charge in [-0.3, -0.25) is 9.97 Å². The number of aromatic nitrogens is 2. The summed E-state index contributed by atoms with van der Waals surface area (Å²) in [6.45, 7) is 0. The van der Waals surface area contributed by atoms with E-state index in [1.54, 1.807) is 12.4 Å². The van der Waals surface area contributed by atoms with Gasteiger partial charge in [0, 0.05) is 12.4 Å². The van der Waals surface area contributed by atoms with Crippen molar-refractivity contribution in [3.05, 3.63) is 48.8 Å². The average molecular weight is 314 g/mol. The van der Waals surface area contributed by atoms with Gasteiger partial charge in [0.1, 0.15) is 0 Å². The van der Waals surface area contributed by atoms with Crippen molar-refractivity contribution >= 4 is 27.3 Å². The van der Waals surface area contributed by atoms with Crippen LogP contribution in [0.1, 0.15) is 0 Å². The molecule has 2 heterocycles. The third-order valence-corrected chi connectivity index (χ3v) is 1.59. The summed E-state index contributed by atoms with van der Waals surface area (Å²) in [5.74, 6) is 0. The second-order valence-electron chi connectivity index (χ2n) is 2.43. The summed E-state index contributed by atoms with van der Waals surface area (Å²) in [5.41, 5.74) is 1.83. The first-order valence-corrected chi connectivity index (χ1v) is 8.29. The van der Waals surface area contributed by atoms with Gasteiger partial charge in [0.25, 0.3) is 0 Å². The summed E-state index contributed by atoms with van der Waals surface area (Å²) in [6, 6.07) is 11.6. The SMILES string of the molecule is [Se]=[Se].c1ccc(-c2ccccn2)nc1. The van der Waals surface area contributed by atoms with E-state index in [9.17, 15) is 0 Å². The number of rotatable bonds is 1. The van der Waals surface area contributed by atoms with E-state index in [0.717, 1.165) is 11.4 Å². The van der Waals surface area contributed by atoms with Crippen molar-refractivity contribution in [2.45, 2.75) is 0 Å². The van der Waals surface area contributed by atoms with Crippen LogP contribution in [0.15, 0.2) is 48.8 Å². The first-order chi connectivity index (χ1) is 6.97. The van der Waals surface area contributed by atoms with Crippen LogP contribution in [0.3, 0.4) is 0 Å². The van der Waals surface area contributed by atoms with Crippen LogP contribution in [0, 0.1) is 0 Å². The molecule has 0 aliphatic rings. The van der Waals surface area contributed by atoms with Crippen molar-refractivity contribution in [1.82, 2.24) is 9.97 Å². The van der Waals surface area contributed by atoms with Gasteiger partial charge in [-0.1, -0.05) is 12.1 Å². The van der Waals surface area contributed by atoms with E-state index in [2.05, 4.69) is 37.3 Å². The summed E-state index contributed by atoms with van der Waals surface area (Å²) >= 11 is 5.00. The molecule has 0 unspecified atom stereocenters. The number of nitrogens with zero attached hydrogens (tertiary/aromatic N) is 2. The molecule has 14 heavy (non-hydrogen) atoms. The molecule has 0 atom stereocenters. The predicted octanol–water partition coefficient (Wildman–Crippen LogP) is 1.38. The minimum absolute atomic E-state index is 0.915. The summed E-state index contributed by atoms with van der Waals surface area (Å²) < 4.78 is 0. The fourth-order valence-electron chi connectivity index (χ4n) is 1.03. The molecule has 2 aromatic rings. The van der Waals surface area contributed by atoms with Crippen LogP contribution < -0.4 is 0 Å². The topological polar surface area (TPSA) is 25.8 Å². The van der Waals surface area contributed by atoms with Crippen molar-refractivity contribution in [2.24, 2.45) is 0 Å². The number of pyridine rings is 2. The van der Waals surface area contributed by atoms with E-state index in [4.69, 9.17) is 0 Å². The molecule has 0 bridgehead atoms. The average Bonchev–Trinajstić information content (AvgIpc) is 2.34. The fraction of sp³-hybridized carbons (Fsp3) is 0. The summed E-state index contributed by atoms with van der Waals surface area (Å²) in [4.78, 5) is 8.37. The Hall–Kier alpha value is -0.661. The molecule has 0 aliphatic heterocycles. The number of hydrogen-bond acceptors (Lipinski definition) is 2. The standard InChI is InChI=1S/C10H8N2.Se2/c1-3-7-11-9(5-1)10-6-2-4-8-12-10;1-2/h1-8H;. The Morgan fingerprint density at radius 1 is 0.714 bits per heavy atom. The zero-order valence-corrected chi connectivity index (χ0v) is 10.8. The van der Waals surface area contributed by atoms with Gasteiger partial charge >= 0.3 is 27.3 Å². The minimum atomic E-state index is 0.915. The van der Waals surface area contributed by atoms with Crippen LogP contribution in [-0.2, 0) is 0 Å². The van der Waals surface area contributed by atoms with Gasteiger partial charge in [-0.15, -0.1) is 0 Å². The van der Waals surface area contributed by atoms with Gasteiger partial charge in [0.15, 0.2) is 0 Å². The maximum atomic E-state index is 4.19. The van der Waals surface area contributed by atoms with E-state index in [0.29, 0.717) is 0 Å². The molecule has 0 aliphatic carbocycles. The van der Waals surface area contributed by atoms with Crippen molar-refractivity contribution in [2.75, 3.05) is 0 Å². The van der Waals surface area contributed by atoms with Gasteiger partial charge in [-0.05, 0) is 24.3 Å². The van der Waals surface area contributed by atoms with Crippen LogP contribution in [0.5, 0.6) is 0 Å². The summed E-state index contributed by atoms with van der Waals surface area (Å²) in [5, 5.41) is 0. The molecule has 0 saturated heterocycles. The van der Waals surface area contributed by atoms with Crippen LogP contribution in [0.25, 0.3) is 11.4 Å². The van der Waals surface area contributed by atoms with Crippen molar-refractivity contribution in [1.29, 1.82) is 0 Å². The van der Waals surface area contributed by atoms with E-state index >= 15 is 0 Å². The number of hydrogen-bond donors (Lipinski definition) is 0. The Kier molecular flexibility index (Phi) is 5.50. The molecule has 0 amide bonds. The smallest absolute Gasteiger partial charge is 0.0886 e. The molecule has 2 nitrogen and oxygen atoms in total. The fourth-order valence-corrected chi connectivity index (χ4v) is 1.03. The molecule has 0 saturated carbocycles. The van der Waals surface area contributed by atoms with Crippen molar-refractivity contribution in [3.8, 4) is 11.4 Å². The molecular formula is C10H8N2Se2. The summed E-state index contributed by atoms with van der Waals surface area (Å²) in [6.07, 6.45) is 3.54. The maximum Gasteiger partial charge on any atom is 0.0886 e. The Bertz CT molecular complexity index is 327. The zero-order valence-electron chi connectivity index (χ0n) is 7.33. The minimum Gasteiger partial charge on any atom is -0.255 e. The van der Waals surface area contributed by atoms with E-state index in [1.807, 2.05) is 36.4 Å². The Balaban J connectivity index is 0.000000461. The molecular weight excluding hydrogens is 306 g/mol. The molecule has 4 heteroatoms. The molecule has 70 valence electrons. The molecule has 0 N–H and O–H groups in total. The largest absolute Gasteiger partial charge is 0.255 e. The molecule has 0 fully saturated rings. The second-order valence-corrected chi connectivity index (χ2v) is 2.43. The van der Waals surface area contributed by atoms with Gasteiger partial charge in [-0.2, -0.15) is 0 Å². The Morgan fingerprint density at radius 3 is 1.43 bits per heavy atom. The third-order valence-electron chi connectivity index (χ3n) is 1.59. The monoisotopic (exact) mass is 316 g/mol. The maximum absolute atomic E-state index is 4.19.